The van der Waals surface area contributed by atoms with Crippen LogP contribution in [-0.4, -0.2) is 23.0 Å². The fraction of sp³-hybridized carbons (Fsp3) is 0.0909. The second kappa shape index (κ2) is 9.36. The maximum absolute atomic E-state index is 12.1. The van der Waals surface area contributed by atoms with Crippen molar-refractivity contribution in [3.63, 3.8) is 0 Å². The smallest absolute Gasteiger partial charge is 0.340 e. The molecule has 10 nitrogen and oxygen atoms in total. The van der Waals surface area contributed by atoms with Crippen molar-refractivity contribution >= 4 is 17.3 Å². The lowest BCUT2D eigenvalue weighted by molar-refractivity contribution is -0.498. The van der Waals surface area contributed by atoms with E-state index in [1.165, 1.54) is 12.1 Å². The molecule has 3 aromatic rings. The zero-order valence-electron chi connectivity index (χ0n) is 16.8. The molecule has 0 aliphatic heterocycles. The molecule has 0 unspecified atom stereocenters. The van der Waals surface area contributed by atoms with Crippen LogP contribution in [0.4, 0.5) is 11.4 Å². The van der Waals surface area contributed by atoms with Crippen molar-refractivity contribution in [2.75, 3.05) is 12.1 Å². The number of hydrazine groups is 1. The number of carbonyl (C=O) groups excluding carboxylic acids is 1. The Balaban J connectivity index is 2.02. The average molecular weight is 432 g/mol. The number of anilines is 1. The van der Waals surface area contributed by atoms with E-state index in [4.69, 9.17) is 0 Å². The summed E-state index contributed by atoms with van der Waals surface area (Å²) in [6.07, 6.45) is 0. The monoisotopic (exact) mass is 432 g/mol. The van der Waals surface area contributed by atoms with Crippen LogP contribution in [0.25, 0.3) is 11.1 Å². The van der Waals surface area contributed by atoms with E-state index in [0.29, 0.717) is 21.7 Å². The predicted octanol–water partition coefficient (Wildman–Crippen LogP) is 4.12. The van der Waals surface area contributed by atoms with Crippen LogP contribution in [0.5, 0.6) is 0 Å². The minimum absolute atomic E-state index is 0.294. The molecule has 0 aliphatic carbocycles. The second-order valence-electron chi connectivity index (χ2n) is 6.57. The van der Waals surface area contributed by atoms with Crippen LogP contribution in [0.15, 0.2) is 66.7 Å². The zero-order chi connectivity index (χ0) is 23.3. The lowest BCUT2D eigenvalue weighted by Gasteiger charge is -2.17. The minimum atomic E-state index is -0.931. The summed E-state index contributed by atoms with van der Waals surface area (Å²) in [6.45, 7) is -0.345. The summed E-state index contributed by atoms with van der Waals surface area (Å²) in [5, 5.41) is 32.3. The molecule has 0 aliphatic rings. The first-order valence-corrected chi connectivity index (χ1v) is 9.23. The molecule has 0 saturated heterocycles. The number of benzene rings is 3. The highest BCUT2D eigenvalue weighted by Crippen LogP contribution is 2.34. The van der Waals surface area contributed by atoms with Crippen LogP contribution in [0.2, 0.25) is 0 Å². The van der Waals surface area contributed by atoms with Crippen LogP contribution >= 0.6 is 0 Å². The molecule has 0 fully saturated rings. The molecular weight excluding hydrogens is 416 g/mol. The molecule has 0 radical (unpaired) electrons. The van der Waals surface area contributed by atoms with Crippen molar-refractivity contribution in [2.24, 2.45) is 0 Å². The van der Waals surface area contributed by atoms with Crippen molar-refractivity contribution in [1.82, 2.24) is 0 Å². The highest BCUT2D eigenvalue weighted by molar-refractivity contribution is 5.98. The summed E-state index contributed by atoms with van der Waals surface area (Å²) in [5.74, 6) is -0.931. The lowest BCUT2D eigenvalue weighted by Crippen LogP contribution is -2.31. The minimum Gasteiger partial charge on any atom is -0.465 e. The molecule has 0 aromatic heterocycles. The fourth-order valence-electron chi connectivity index (χ4n) is 3.24. The van der Waals surface area contributed by atoms with Gasteiger partial charge in [-0.15, -0.1) is 0 Å². The predicted molar refractivity (Wildman–Crippen MR) is 114 cm³/mol. The second-order valence-corrected chi connectivity index (χ2v) is 6.57. The lowest BCUT2D eigenvalue weighted by atomic mass is 9.99. The number of carbonyl (C=O) groups is 1. The fourth-order valence-corrected chi connectivity index (χ4v) is 3.24. The van der Waals surface area contributed by atoms with Gasteiger partial charge in [0.1, 0.15) is 6.54 Å². The number of nitro groups is 2. The molecule has 0 N–H and O–H groups in total. The van der Waals surface area contributed by atoms with Crippen LogP contribution in [0.1, 0.15) is 21.5 Å². The Bertz CT molecular complexity index is 1230. The van der Waals surface area contributed by atoms with Gasteiger partial charge in [0.15, 0.2) is 10.7 Å². The van der Waals surface area contributed by atoms with Gasteiger partial charge in [-0.2, -0.15) is 5.26 Å². The van der Waals surface area contributed by atoms with Crippen molar-refractivity contribution in [2.45, 2.75) is 6.54 Å². The maximum atomic E-state index is 12.1. The highest BCUT2D eigenvalue weighted by atomic mass is 16.7. The first-order valence-electron chi connectivity index (χ1n) is 9.23. The van der Waals surface area contributed by atoms with Gasteiger partial charge < -0.3 is 4.74 Å². The van der Waals surface area contributed by atoms with Crippen molar-refractivity contribution in [3.8, 4) is 17.2 Å². The number of rotatable bonds is 7. The third kappa shape index (κ3) is 4.36. The Morgan fingerprint density at radius 3 is 2.31 bits per heavy atom. The number of esters is 1. The number of hydrogen-bond donors (Lipinski definition) is 0. The van der Waals surface area contributed by atoms with Gasteiger partial charge in [0.25, 0.3) is 5.69 Å². The molecule has 0 bridgehead atoms. The number of ether oxygens (including phenoxy) is 1. The van der Waals surface area contributed by atoms with E-state index in [9.17, 15) is 30.3 Å². The van der Waals surface area contributed by atoms with Crippen molar-refractivity contribution in [3.05, 3.63) is 104 Å². The van der Waals surface area contributed by atoms with Crippen molar-refractivity contribution < 1.29 is 19.5 Å². The molecule has 0 amide bonds. The number of methoxy groups -OCH3 is 1. The van der Waals surface area contributed by atoms with E-state index < -0.39 is 27.3 Å². The van der Waals surface area contributed by atoms with E-state index in [1.807, 2.05) is 0 Å². The van der Waals surface area contributed by atoms with E-state index in [1.54, 1.807) is 48.5 Å². The summed E-state index contributed by atoms with van der Waals surface area (Å²) >= 11 is 0. The molecular formula is C22H16N4O6. The molecule has 0 atom stereocenters. The van der Waals surface area contributed by atoms with E-state index in [0.717, 1.165) is 18.7 Å². The van der Waals surface area contributed by atoms with Gasteiger partial charge in [-0.3, -0.25) is 10.1 Å². The SMILES string of the molecule is COC(=O)c1cccc([N+](=O)[O-])c1N(Cc1ccc(-c2ccccc2C#N)cc1)[N+](=O)[O-]. The molecule has 0 heterocycles. The van der Waals surface area contributed by atoms with Crippen LogP contribution in [0, 0.1) is 31.6 Å². The number of hydrogen-bond acceptors (Lipinski definition) is 7. The Kier molecular flexibility index (Phi) is 6.41. The molecule has 10 heteroatoms. The zero-order valence-corrected chi connectivity index (χ0v) is 16.8. The number of nitro benzene ring substituents is 1. The Hall–Kier alpha value is -4.78. The third-order valence-electron chi connectivity index (χ3n) is 4.72. The van der Waals surface area contributed by atoms with Gasteiger partial charge in [0, 0.05) is 6.07 Å². The number of para-hydroxylation sites is 1. The number of nitriles is 1. The normalized spacial score (nSPS) is 10.1. The maximum Gasteiger partial charge on any atom is 0.340 e. The van der Waals surface area contributed by atoms with Gasteiger partial charge >= 0.3 is 5.97 Å². The average Bonchev–Trinajstić information content (AvgIpc) is 2.81. The summed E-state index contributed by atoms with van der Waals surface area (Å²) in [6, 6.07) is 19.3. The summed E-state index contributed by atoms with van der Waals surface area (Å²) in [4.78, 5) is 34.7. The largest absolute Gasteiger partial charge is 0.465 e. The highest BCUT2D eigenvalue weighted by Gasteiger charge is 2.33. The van der Waals surface area contributed by atoms with E-state index >= 15 is 0 Å². The van der Waals surface area contributed by atoms with Crippen LogP contribution < -0.4 is 5.01 Å². The first kappa shape index (κ1) is 21.9. The Labute approximate surface area is 182 Å². The quantitative estimate of drug-likeness (QED) is 0.308. The van der Waals surface area contributed by atoms with Gasteiger partial charge in [0.05, 0.1) is 29.2 Å². The molecule has 3 rings (SSSR count). The van der Waals surface area contributed by atoms with Crippen LogP contribution in [0.3, 0.4) is 0 Å². The molecule has 0 spiro atoms. The molecule has 0 saturated carbocycles. The van der Waals surface area contributed by atoms with Gasteiger partial charge in [-0.25, -0.2) is 14.9 Å². The Morgan fingerprint density at radius 2 is 1.72 bits per heavy atom. The summed E-state index contributed by atoms with van der Waals surface area (Å²) < 4.78 is 4.64. The van der Waals surface area contributed by atoms with Gasteiger partial charge in [0.2, 0.25) is 0 Å². The summed E-state index contributed by atoms with van der Waals surface area (Å²) in [7, 11) is 1.08. The van der Waals surface area contributed by atoms with E-state index in [-0.39, 0.29) is 12.1 Å². The van der Waals surface area contributed by atoms with Crippen LogP contribution in [-0.2, 0) is 11.3 Å². The standard InChI is InChI=1S/C22H16N4O6/c1-32-22(27)19-7-4-8-20(25(28)29)21(19)24(26(30)31)14-15-9-11-16(12-10-15)18-6-3-2-5-17(18)13-23/h2-12H,14H2,1H3. The topological polar surface area (TPSA) is 140 Å². The molecule has 32 heavy (non-hydrogen) atoms. The number of nitrogens with zero attached hydrogens (tertiary/aromatic N) is 4. The van der Waals surface area contributed by atoms with Gasteiger partial charge in [-0.1, -0.05) is 53.5 Å². The Morgan fingerprint density at radius 1 is 1.03 bits per heavy atom. The summed E-state index contributed by atoms with van der Waals surface area (Å²) in [5.41, 5.74) is 1.04. The molecule has 160 valence electrons. The first-order chi connectivity index (χ1) is 15.4. The molecule has 3 aromatic carbocycles. The van der Waals surface area contributed by atoms with Gasteiger partial charge in [-0.05, 0) is 28.8 Å². The van der Waals surface area contributed by atoms with Crippen molar-refractivity contribution in [1.29, 1.82) is 5.26 Å². The van der Waals surface area contributed by atoms with E-state index in [2.05, 4.69) is 10.8 Å². The third-order valence-corrected chi connectivity index (χ3v) is 4.72.